The van der Waals surface area contributed by atoms with Crippen LogP contribution in [-0.4, -0.2) is 66.5 Å². The Bertz CT molecular complexity index is 809. The smallest absolute Gasteiger partial charge is 0.444 e. The zero-order valence-corrected chi connectivity index (χ0v) is 17.4. The molecule has 0 aliphatic carbocycles. The number of ether oxygens (including phenoxy) is 2. The standard InChI is InChI=1S/C14H20F6N5O4P/c1-6-27-10-23-12(13(15,16)17,14(18,19)20)22-9(29-10)21-8-24-30(26,28-7-2)11(3,4)25(8)5/h6-7H2,1-5H3,(H,21,22,24,26). The van der Waals surface area contributed by atoms with Crippen molar-refractivity contribution in [3.63, 3.8) is 0 Å². The zero-order chi connectivity index (χ0) is 23.2. The summed E-state index contributed by atoms with van der Waals surface area (Å²) >= 11 is 0. The highest BCUT2D eigenvalue weighted by atomic mass is 31.2. The van der Waals surface area contributed by atoms with E-state index in [1.165, 1.54) is 32.7 Å². The van der Waals surface area contributed by atoms with Gasteiger partial charge in [-0.2, -0.15) is 41.1 Å². The third-order valence-electron chi connectivity index (χ3n) is 4.34. The number of hydrogen-bond donors (Lipinski definition) is 1. The van der Waals surface area contributed by atoms with Crippen LogP contribution >= 0.6 is 7.52 Å². The Morgan fingerprint density at radius 1 is 1.10 bits per heavy atom. The first-order valence-electron chi connectivity index (χ1n) is 8.54. The summed E-state index contributed by atoms with van der Waals surface area (Å²) in [6.07, 6.45) is -13.2. The summed E-state index contributed by atoms with van der Waals surface area (Å²) in [6, 6.07) is -1.24. The van der Waals surface area contributed by atoms with Crippen molar-refractivity contribution < 1.29 is 44.9 Å². The fraction of sp³-hybridized carbons (Fsp3) is 0.786. The van der Waals surface area contributed by atoms with Gasteiger partial charge in [0, 0.05) is 7.05 Å². The first kappa shape index (κ1) is 24.3. The lowest BCUT2D eigenvalue weighted by molar-refractivity contribution is -0.294. The second kappa shape index (κ2) is 7.59. The number of aliphatic imine (C=N–C) groups is 2. The zero-order valence-electron chi connectivity index (χ0n) is 16.6. The predicted octanol–water partition coefficient (Wildman–Crippen LogP) is 3.44. The van der Waals surface area contributed by atoms with E-state index in [0.717, 1.165) is 0 Å². The number of guanidine groups is 1. The Balaban J connectivity index is 2.54. The van der Waals surface area contributed by atoms with E-state index in [1.54, 1.807) is 6.92 Å². The van der Waals surface area contributed by atoms with E-state index in [2.05, 4.69) is 24.8 Å². The van der Waals surface area contributed by atoms with Gasteiger partial charge in [-0.1, -0.05) is 0 Å². The van der Waals surface area contributed by atoms with E-state index in [9.17, 15) is 30.9 Å². The molecule has 0 aromatic rings. The van der Waals surface area contributed by atoms with Crippen LogP contribution in [0.15, 0.2) is 14.7 Å². The Kier molecular flexibility index (Phi) is 6.14. The largest absolute Gasteiger partial charge is 0.451 e. The molecule has 0 radical (unpaired) electrons. The summed E-state index contributed by atoms with van der Waals surface area (Å²) in [5, 5.41) is 0.867. The summed E-state index contributed by atoms with van der Waals surface area (Å²) in [4.78, 5) is 6.42. The van der Waals surface area contributed by atoms with Crippen molar-refractivity contribution in [3.8, 4) is 0 Å². The molecule has 0 bridgehead atoms. The molecule has 2 heterocycles. The molecule has 9 nitrogen and oxygen atoms in total. The predicted molar refractivity (Wildman–Crippen MR) is 94.1 cm³/mol. The van der Waals surface area contributed by atoms with Crippen molar-refractivity contribution in [1.29, 1.82) is 0 Å². The van der Waals surface area contributed by atoms with Crippen molar-refractivity contribution in [2.45, 2.75) is 51.0 Å². The van der Waals surface area contributed by atoms with Crippen LogP contribution in [0.4, 0.5) is 26.3 Å². The molecule has 0 spiro atoms. The highest BCUT2D eigenvalue weighted by molar-refractivity contribution is 7.59. The maximum atomic E-state index is 13.4. The number of hydrogen-bond acceptors (Lipinski definition) is 8. The minimum atomic E-state index is -5.96. The molecule has 0 saturated carbocycles. The quantitative estimate of drug-likeness (QED) is 0.505. The average molecular weight is 467 g/mol. The van der Waals surface area contributed by atoms with Gasteiger partial charge in [0.1, 0.15) is 5.28 Å². The van der Waals surface area contributed by atoms with Gasteiger partial charge in [0.05, 0.1) is 13.2 Å². The number of alkyl halides is 6. The molecule has 0 aromatic carbocycles. The van der Waals surface area contributed by atoms with Gasteiger partial charge in [0.2, 0.25) is 5.96 Å². The summed E-state index contributed by atoms with van der Waals surface area (Å²) in [6.45, 7) is 5.50. The van der Waals surface area contributed by atoms with Crippen molar-refractivity contribution in [2.75, 3.05) is 20.3 Å². The number of nitrogens with one attached hydrogen (secondary N) is 1. The van der Waals surface area contributed by atoms with Crippen molar-refractivity contribution in [2.24, 2.45) is 14.7 Å². The molecule has 172 valence electrons. The van der Waals surface area contributed by atoms with Gasteiger partial charge >= 0.3 is 37.6 Å². The van der Waals surface area contributed by atoms with Crippen LogP contribution in [0, 0.1) is 0 Å². The van der Waals surface area contributed by atoms with Gasteiger partial charge in [0.15, 0.2) is 0 Å². The van der Waals surface area contributed by atoms with Crippen molar-refractivity contribution >= 4 is 25.6 Å². The molecule has 2 rings (SSSR count). The Morgan fingerprint density at radius 2 is 1.67 bits per heavy atom. The van der Waals surface area contributed by atoms with Gasteiger partial charge in [-0.3, -0.25) is 9.88 Å². The topological polar surface area (TPSA) is 97.1 Å². The minimum Gasteiger partial charge on any atom is -0.451 e. The molecule has 30 heavy (non-hydrogen) atoms. The third kappa shape index (κ3) is 3.84. The van der Waals surface area contributed by atoms with Crippen molar-refractivity contribution in [3.05, 3.63) is 0 Å². The maximum absolute atomic E-state index is 13.4. The van der Waals surface area contributed by atoms with E-state index in [0.29, 0.717) is 0 Å². The molecule has 2 aliphatic heterocycles. The number of amidine groups is 1. The maximum Gasteiger partial charge on any atom is 0.444 e. The molecule has 0 fully saturated rings. The lowest BCUT2D eigenvalue weighted by atomic mass is 10.1. The van der Waals surface area contributed by atoms with Crippen LogP contribution < -0.4 is 5.32 Å². The second-order valence-electron chi connectivity index (χ2n) is 6.54. The molecule has 16 heteroatoms. The minimum absolute atomic E-state index is 0.00911. The highest BCUT2D eigenvalue weighted by Gasteiger charge is 2.74. The Hall–Kier alpha value is -2.02. The molecule has 1 atom stereocenters. The Morgan fingerprint density at radius 3 is 2.13 bits per heavy atom. The summed E-state index contributed by atoms with van der Waals surface area (Å²) in [5.41, 5.74) is -4.86. The van der Waals surface area contributed by atoms with Gasteiger partial charge < -0.3 is 18.9 Å². The van der Waals surface area contributed by atoms with Crippen LogP contribution in [0.1, 0.15) is 27.7 Å². The summed E-state index contributed by atoms with van der Waals surface area (Å²) < 4.78 is 112. The molecule has 1 unspecified atom stereocenters. The SMILES string of the molecule is CCOC1=NC(C(F)(F)F)(C(F)(F)F)N=C(NC2=NP(=O)(OCC)C(C)(C)N2C)O1. The van der Waals surface area contributed by atoms with E-state index in [-0.39, 0.29) is 19.2 Å². The Labute approximate surface area is 167 Å². The first-order valence-corrected chi connectivity index (χ1v) is 10.1. The average Bonchev–Trinajstić information content (AvgIpc) is 2.73. The fourth-order valence-corrected chi connectivity index (χ4v) is 4.29. The second-order valence-corrected chi connectivity index (χ2v) is 9.13. The summed E-state index contributed by atoms with van der Waals surface area (Å²) in [5.74, 6) is -0.369. The fourth-order valence-electron chi connectivity index (χ4n) is 2.41. The van der Waals surface area contributed by atoms with Crippen LogP contribution in [0.25, 0.3) is 0 Å². The van der Waals surface area contributed by atoms with Gasteiger partial charge in [0.25, 0.3) is 0 Å². The normalized spacial score (nSPS) is 25.8. The molecular formula is C14H20F6N5O4P. The first-order chi connectivity index (χ1) is 13.5. The van der Waals surface area contributed by atoms with Crippen LogP contribution in [0.3, 0.4) is 0 Å². The van der Waals surface area contributed by atoms with E-state index in [4.69, 9.17) is 9.26 Å². The summed E-state index contributed by atoms with van der Waals surface area (Å²) in [7, 11) is -2.38. The molecule has 0 aromatic heterocycles. The van der Waals surface area contributed by atoms with Gasteiger partial charge in [-0.15, -0.1) is 0 Å². The van der Waals surface area contributed by atoms with Crippen LogP contribution in [0.2, 0.25) is 0 Å². The van der Waals surface area contributed by atoms with E-state index in [1.807, 2.05) is 0 Å². The van der Waals surface area contributed by atoms with Crippen molar-refractivity contribution in [1.82, 2.24) is 10.2 Å². The highest BCUT2D eigenvalue weighted by Crippen LogP contribution is 2.64. The third-order valence-corrected chi connectivity index (χ3v) is 7.08. The van der Waals surface area contributed by atoms with Gasteiger partial charge in [-0.05, 0) is 27.7 Å². The molecule has 1 N–H and O–H groups in total. The molecular weight excluding hydrogens is 447 g/mol. The lowest BCUT2D eigenvalue weighted by Crippen LogP contribution is -2.59. The van der Waals surface area contributed by atoms with Crippen LogP contribution in [-0.2, 0) is 18.6 Å². The van der Waals surface area contributed by atoms with Gasteiger partial charge in [-0.25, -0.2) is 0 Å². The van der Waals surface area contributed by atoms with E-state index >= 15 is 0 Å². The van der Waals surface area contributed by atoms with Crippen LogP contribution in [0.5, 0.6) is 0 Å². The molecule has 0 saturated heterocycles. The lowest BCUT2D eigenvalue weighted by Gasteiger charge is -2.34. The number of rotatable bonds is 3. The molecule has 2 aliphatic rings. The number of nitrogens with zero attached hydrogens (tertiary/aromatic N) is 4. The molecule has 0 amide bonds. The monoisotopic (exact) mass is 467 g/mol. The van der Waals surface area contributed by atoms with E-state index < -0.39 is 42.9 Å². The number of halogens is 6.